The van der Waals surface area contributed by atoms with Crippen LogP contribution in [0.4, 0.5) is 17.6 Å². The van der Waals surface area contributed by atoms with Gasteiger partial charge in [-0.05, 0) is 31.0 Å². The first-order valence-electron chi connectivity index (χ1n) is 10.7. The molecule has 1 N–H and O–H groups in total. The molecular weight excluding hydrogens is 478 g/mol. The van der Waals surface area contributed by atoms with Crippen molar-refractivity contribution in [3.05, 3.63) is 81.3 Å². The monoisotopic (exact) mass is 493 g/mol. The van der Waals surface area contributed by atoms with Crippen LogP contribution in [-0.2, 0) is 6.18 Å². The molecule has 5 rings (SSSR count). The molecule has 0 spiro atoms. The van der Waals surface area contributed by atoms with E-state index in [9.17, 15) is 27.6 Å². The number of pyridine rings is 2. The molecule has 3 atom stereocenters. The molecule has 36 heavy (non-hydrogen) atoms. The van der Waals surface area contributed by atoms with Crippen LogP contribution >= 0.6 is 0 Å². The number of fused-ring (bicyclic) bond motifs is 1. The number of aromatic amines is 1. The zero-order valence-corrected chi connectivity index (χ0v) is 18.3. The van der Waals surface area contributed by atoms with Gasteiger partial charge in [-0.1, -0.05) is 12.0 Å². The number of nitriles is 1. The van der Waals surface area contributed by atoms with Crippen LogP contribution in [-0.4, -0.2) is 29.7 Å². The molecule has 4 aromatic rings. The van der Waals surface area contributed by atoms with E-state index in [0.717, 1.165) is 23.0 Å². The summed E-state index contributed by atoms with van der Waals surface area (Å²) < 4.78 is 54.3. The average Bonchev–Trinajstić information content (AvgIpc) is 3.19. The summed E-state index contributed by atoms with van der Waals surface area (Å²) in [5.74, 6) is 1.54. The second kappa shape index (κ2) is 8.57. The highest BCUT2D eigenvalue weighted by Gasteiger charge is 2.38. The molecule has 1 aliphatic rings. The van der Waals surface area contributed by atoms with Gasteiger partial charge in [0.05, 0.1) is 5.69 Å². The average molecular weight is 493 g/mol. The van der Waals surface area contributed by atoms with Crippen molar-refractivity contribution in [2.75, 3.05) is 0 Å². The predicted octanol–water partition coefficient (Wildman–Crippen LogP) is 3.82. The molecule has 8 nitrogen and oxygen atoms in total. The van der Waals surface area contributed by atoms with E-state index in [2.05, 4.69) is 31.0 Å². The quantitative estimate of drug-likeness (QED) is 0.342. The van der Waals surface area contributed by atoms with Crippen LogP contribution in [0.3, 0.4) is 0 Å². The zero-order chi connectivity index (χ0) is 25.6. The molecular formula is C24H15F4N7O. The first-order valence-corrected chi connectivity index (χ1v) is 10.7. The first-order chi connectivity index (χ1) is 17.2. The summed E-state index contributed by atoms with van der Waals surface area (Å²) in [6, 6.07) is 5.45. The van der Waals surface area contributed by atoms with Crippen molar-refractivity contribution in [2.24, 2.45) is 0 Å². The lowest BCUT2D eigenvalue weighted by Gasteiger charge is -2.35. The van der Waals surface area contributed by atoms with E-state index in [-0.39, 0.29) is 45.6 Å². The summed E-state index contributed by atoms with van der Waals surface area (Å²) in [4.78, 5) is 27.7. The van der Waals surface area contributed by atoms with E-state index in [4.69, 9.17) is 6.42 Å². The molecule has 4 aromatic heterocycles. The van der Waals surface area contributed by atoms with E-state index >= 15 is 0 Å². The molecule has 1 fully saturated rings. The third kappa shape index (κ3) is 3.77. The molecule has 1 aliphatic carbocycles. The highest BCUT2D eigenvalue weighted by molar-refractivity contribution is 5.80. The number of nitrogens with one attached hydrogen (secondary N) is 1. The minimum Gasteiger partial charge on any atom is -0.310 e. The fourth-order valence-corrected chi connectivity index (χ4v) is 4.36. The maximum Gasteiger partial charge on any atom is 0.433 e. The van der Waals surface area contributed by atoms with Gasteiger partial charge >= 0.3 is 6.18 Å². The number of nitrogens with zero attached hydrogens (tertiary/aromatic N) is 6. The van der Waals surface area contributed by atoms with Crippen LogP contribution in [0.25, 0.3) is 11.0 Å². The van der Waals surface area contributed by atoms with E-state index < -0.39 is 29.3 Å². The van der Waals surface area contributed by atoms with Crippen LogP contribution in [0, 0.1) is 29.5 Å². The number of rotatable bonds is 4. The molecule has 0 radical (unpaired) electrons. The Morgan fingerprint density at radius 2 is 1.97 bits per heavy atom. The SMILES string of the molecule is C#C[C@@H](c1ccc(C(F)(F)F)nc1)n1nc(C#N)c2c(=O)[nH]c(C3CCC3c3ncccc3F)nc21. The van der Waals surface area contributed by atoms with Crippen molar-refractivity contribution < 1.29 is 17.6 Å². The summed E-state index contributed by atoms with van der Waals surface area (Å²) in [5.41, 5.74) is -1.54. The van der Waals surface area contributed by atoms with Crippen LogP contribution in [0.5, 0.6) is 0 Å². The number of terminal acetylenes is 1. The van der Waals surface area contributed by atoms with Gasteiger partial charge in [0, 0.05) is 29.8 Å². The Bertz CT molecular complexity index is 1610. The number of aromatic nitrogens is 6. The maximum absolute atomic E-state index is 14.3. The molecule has 0 amide bonds. The second-order valence-corrected chi connectivity index (χ2v) is 8.26. The van der Waals surface area contributed by atoms with Crippen LogP contribution < -0.4 is 5.56 Å². The van der Waals surface area contributed by atoms with Gasteiger partial charge in [-0.15, -0.1) is 6.42 Å². The molecule has 0 saturated heterocycles. The van der Waals surface area contributed by atoms with E-state index in [1.165, 1.54) is 18.3 Å². The minimum absolute atomic E-state index is 0.0136. The Hall–Kier alpha value is -4.58. The van der Waals surface area contributed by atoms with E-state index in [0.29, 0.717) is 12.8 Å². The summed E-state index contributed by atoms with van der Waals surface area (Å²) >= 11 is 0. The molecule has 180 valence electrons. The number of hydrogen-bond donors (Lipinski definition) is 1. The molecule has 12 heteroatoms. The predicted molar refractivity (Wildman–Crippen MR) is 118 cm³/mol. The third-order valence-corrected chi connectivity index (χ3v) is 6.24. The van der Waals surface area contributed by atoms with Gasteiger partial charge in [0.1, 0.15) is 34.8 Å². The van der Waals surface area contributed by atoms with Gasteiger partial charge in [-0.25, -0.2) is 14.1 Å². The number of alkyl halides is 3. The topological polar surface area (TPSA) is 113 Å². The highest BCUT2D eigenvalue weighted by atomic mass is 19.4. The van der Waals surface area contributed by atoms with Gasteiger partial charge in [0.15, 0.2) is 11.3 Å². The summed E-state index contributed by atoms with van der Waals surface area (Å²) in [6.45, 7) is 0. The van der Waals surface area contributed by atoms with E-state index in [1.807, 2.05) is 6.07 Å². The lowest BCUT2D eigenvalue weighted by Crippen LogP contribution is -2.28. The number of H-pyrrole nitrogens is 1. The Kier molecular flexibility index (Phi) is 5.52. The molecule has 0 bridgehead atoms. The first kappa shape index (κ1) is 23.2. The standard InChI is InChI=1S/C24H15F4N7O/c1-2-17(12-5-8-18(31-11-12)24(26,27)28)35-22-19(16(10-29)34-35)23(36)33-21(32-22)14-7-6-13(14)20-15(25)4-3-9-30-20/h1,3-5,8-9,11,13-14,17H,6-7H2,(H,32,33,36)/t13?,14?,17-/m0/s1. The van der Waals surface area contributed by atoms with Gasteiger partial charge in [0.25, 0.3) is 5.56 Å². The van der Waals surface area contributed by atoms with Crippen LogP contribution in [0.2, 0.25) is 0 Å². The number of hydrogen-bond acceptors (Lipinski definition) is 6. The number of halogens is 4. The van der Waals surface area contributed by atoms with Gasteiger partial charge in [0.2, 0.25) is 0 Å². The summed E-state index contributed by atoms with van der Waals surface area (Å²) in [6.07, 6.45) is 4.74. The normalized spacial score (nSPS) is 18.3. The maximum atomic E-state index is 14.3. The van der Waals surface area contributed by atoms with Gasteiger partial charge < -0.3 is 4.98 Å². The van der Waals surface area contributed by atoms with Gasteiger partial charge in [-0.2, -0.15) is 23.5 Å². The lowest BCUT2D eigenvalue weighted by molar-refractivity contribution is -0.141. The van der Waals surface area contributed by atoms with Crippen LogP contribution in [0.1, 0.15) is 59.2 Å². The van der Waals surface area contributed by atoms with Crippen molar-refractivity contribution >= 4 is 11.0 Å². The zero-order valence-electron chi connectivity index (χ0n) is 18.3. The fourth-order valence-electron chi connectivity index (χ4n) is 4.36. The Morgan fingerprint density at radius 1 is 1.19 bits per heavy atom. The second-order valence-electron chi connectivity index (χ2n) is 8.26. The Labute approximate surface area is 200 Å². The van der Waals surface area contributed by atoms with Gasteiger partial charge in [-0.3, -0.25) is 14.8 Å². The van der Waals surface area contributed by atoms with E-state index in [1.54, 1.807) is 0 Å². The van der Waals surface area contributed by atoms with Crippen molar-refractivity contribution in [2.45, 2.75) is 36.9 Å². The van der Waals surface area contributed by atoms with Crippen molar-refractivity contribution in [1.82, 2.24) is 29.7 Å². The molecule has 4 heterocycles. The molecule has 0 aromatic carbocycles. The lowest BCUT2D eigenvalue weighted by atomic mass is 9.71. The molecule has 1 saturated carbocycles. The summed E-state index contributed by atoms with van der Waals surface area (Å²) in [7, 11) is 0. The highest BCUT2D eigenvalue weighted by Crippen LogP contribution is 2.48. The minimum atomic E-state index is -4.63. The van der Waals surface area contributed by atoms with Crippen LogP contribution in [0.15, 0.2) is 41.5 Å². The molecule has 0 aliphatic heterocycles. The van der Waals surface area contributed by atoms with Crippen molar-refractivity contribution in [3.63, 3.8) is 0 Å². The van der Waals surface area contributed by atoms with Crippen molar-refractivity contribution in [3.8, 4) is 18.4 Å². The Morgan fingerprint density at radius 3 is 2.56 bits per heavy atom. The summed E-state index contributed by atoms with van der Waals surface area (Å²) in [5, 5.41) is 13.6. The van der Waals surface area contributed by atoms with Crippen molar-refractivity contribution in [1.29, 1.82) is 5.26 Å². The Balaban J connectivity index is 1.61. The molecule has 2 unspecified atom stereocenters. The smallest absolute Gasteiger partial charge is 0.310 e. The third-order valence-electron chi connectivity index (χ3n) is 6.24. The largest absolute Gasteiger partial charge is 0.433 e. The fraction of sp³-hybridized carbons (Fsp3) is 0.250.